The highest BCUT2D eigenvalue weighted by Gasteiger charge is 2.20. The van der Waals surface area contributed by atoms with Gasteiger partial charge in [0.2, 0.25) is 0 Å². The number of rotatable bonds is 4. The molecule has 0 spiro atoms. The molecule has 0 N–H and O–H groups in total. The zero-order valence-corrected chi connectivity index (χ0v) is 14.9. The number of halogens is 1. The Labute approximate surface area is 146 Å². The number of carbonyl (C=O) groups excluding carboxylic acids is 1. The summed E-state index contributed by atoms with van der Waals surface area (Å²) in [5, 5.41) is 4.83. The Hall–Kier alpha value is -2.75. The maximum Gasteiger partial charge on any atom is 0.142 e. The van der Waals surface area contributed by atoms with Crippen molar-refractivity contribution in [1.29, 1.82) is 0 Å². The minimum atomic E-state index is -0.272. The Morgan fingerprint density at radius 3 is 2.44 bits per heavy atom. The number of hydrogen-bond acceptors (Lipinski definition) is 2. The topological polar surface area (TPSA) is 34.4 Å². The molecule has 0 radical (unpaired) electrons. The zero-order chi connectivity index (χ0) is 18.1. The van der Waals surface area contributed by atoms with Crippen molar-refractivity contribution in [3.63, 3.8) is 0 Å². The highest BCUT2D eigenvalue weighted by Crippen LogP contribution is 2.36. The van der Waals surface area contributed by atoms with Gasteiger partial charge in [-0.3, -0.25) is 4.79 Å². The van der Waals surface area contributed by atoms with Crippen molar-refractivity contribution in [2.45, 2.75) is 33.6 Å². The van der Waals surface area contributed by atoms with E-state index in [4.69, 9.17) is 5.10 Å². The molecule has 25 heavy (non-hydrogen) atoms. The van der Waals surface area contributed by atoms with E-state index in [1.165, 1.54) is 18.2 Å². The molecule has 128 valence electrons. The van der Waals surface area contributed by atoms with Crippen LogP contribution < -0.4 is 0 Å². The number of aldehydes is 1. The highest BCUT2D eigenvalue weighted by atomic mass is 19.1. The van der Waals surface area contributed by atoms with Crippen LogP contribution in [0, 0.1) is 19.7 Å². The Kier molecular flexibility index (Phi) is 4.53. The van der Waals surface area contributed by atoms with E-state index < -0.39 is 0 Å². The van der Waals surface area contributed by atoms with Gasteiger partial charge in [-0.2, -0.15) is 5.10 Å². The van der Waals surface area contributed by atoms with E-state index in [0.29, 0.717) is 0 Å². The number of allylic oxidation sites excluding steroid dienone is 1. The second-order valence-electron chi connectivity index (χ2n) is 6.56. The van der Waals surface area contributed by atoms with Crippen LogP contribution in [0.4, 0.5) is 4.39 Å². The Morgan fingerprint density at radius 2 is 1.84 bits per heavy atom. The average molecular weight is 336 g/mol. The first-order chi connectivity index (χ1) is 11.9. The molecule has 0 unspecified atom stereocenters. The molecular weight excluding hydrogens is 315 g/mol. The van der Waals surface area contributed by atoms with Crippen LogP contribution in [0.25, 0.3) is 22.7 Å². The van der Waals surface area contributed by atoms with Crippen molar-refractivity contribution in [2.24, 2.45) is 0 Å². The Bertz CT molecular complexity index is 966. The quantitative estimate of drug-likeness (QED) is 0.491. The summed E-state index contributed by atoms with van der Waals surface area (Å²) in [6, 6.07) is 8.55. The van der Waals surface area contributed by atoms with Crippen LogP contribution in [-0.4, -0.2) is 15.9 Å². The van der Waals surface area contributed by atoms with Crippen LogP contribution >= 0.6 is 0 Å². The number of fused-ring (bicyclic) bond motifs is 1. The fourth-order valence-electron chi connectivity index (χ4n) is 3.27. The van der Waals surface area contributed by atoms with Gasteiger partial charge in [-0.15, -0.1) is 0 Å². The predicted octanol–water partition coefficient (Wildman–Crippen LogP) is 5.09. The molecule has 3 nitrogen and oxygen atoms in total. The lowest BCUT2D eigenvalue weighted by Crippen LogP contribution is -2.07. The monoisotopic (exact) mass is 336 g/mol. The largest absolute Gasteiger partial charge is 0.299 e. The van der Waals surface area contributed by atoms with Crippen LogP contribution in [0.5, 0.6) is 0 Å². The summed E-state index contributed by atoms with van der Waals surface area (Å²) in [5.41, 5.74) is 6.82. The number of benzene rings is 1. The molecule has 1 aromatic carbocycles. The van der Waals surface area contributed by atoms with Gasteiger partial charge >= 0.3 is 0 Å². The molecule has 4 heteroatoms. The number of aromatic nitrogens is 2. The van der Waals surface area contributed by atoms with Crippen molar-refractivity contribution in [1.82, 2.24) is 9.61 Å². The third-order valence-corrected chi connectivity index (χ3v) is 4.36. The molecule has 2 heterocycles. The van der Waals surface area contributed by atoms with Gasteiger partial charge in [0.25, 0.3) is 0 Å². The van der Waals surface area contributed by atoms with Gasteiger partial charge < -0.3 is 0 Å². The lowest BCUT2D eigenvalue weighted by atomic mass is 9.93. The maximum absolute atomic E-state index is 13.4. The minimum absolute atomic E-state index is 0.178. The second kappa shape index (κ2) is 6.63. The maximum atomic E-state index is 13.4. The van der Waals surface area contributed by atoms with Crippen molar-refractivity contribution < 1.29 is 9.18 Å². The molecule has 0 saturated carbocycles. The summed E-state index contributed by atoms with van der Waals surface area (Å²) < 4.78 is 15.4. The van der Waals surface area contributed by atoms with E-state index in [2.05, 4.69) is 19.9 Å². The Balaban J connectivity index is 2.49. The van der Waals surface area contributed by atoms with Crippen molar-refractivity contribution in [3.8, 4) is 11.1 Å². The SMILES string of the molecule is Cc1cc(C)n2nc(C(C)C)c(/C=C/C=O)c(-c3ccc(F)cc3)c12. The molecule has 0 aliphatic carbocycles. The third kappa shape index (κ3) is 3.00. The lowest BCUT2D eigenvalue weighted by Gasteiger charge is -2.17. The molecule has 0 bridgehead atoms. The van der Waals surface area contributed by atoms with Gasteiger partial charge in [0.15, 0.2) is 0 Å². The predicted molar refractivity (Wildman–Crippen MR) is 99.2 cm³/mol. The van der Waals surface area contributed by atoms with E-state index in [1.54, 1.807) is 18.2 Å². The van der Waals surface area contributed by atoms with E-state index >= 15 is 0 Å². The number of aryl methyl sites for hydroxylation is 2. The zero-order valence-electron chi connectivity index (χ0n) is 14.9. The molecular formula is C21H21FN2O. The molecule has 0 fully saturated rings. The van der Waals surface area contributed by atoms with Crippen LogP contribution in [-0.2, 0) is 4.79 Å². The number of hydrogen-bond donors (Lipinski definition) is 0. The van der Waals surface area contributed by atoms with E-state index in [9.17, 15) is 9.18 Å². The molecule has 0 saturated heterocycles. The fourth-order valence-corrected chi connectivity index (χ4v) is 3.27. The molecule has 0 aliphatic rings. The number of carbonyl (C=O) groups is 1. The first-order valence-electron chi connectivity index (χ1n) is 8.34. The summed E-state index contributed by atoms with van der Waals surface area (Å²) >= 11 is 0. The molecule has 0 aliphatic heterocycles. The molecule has 0 amide bonds. The van der Waals surface area contributed by atoms with Crippen molar-refractivity contribution in [3.05, 3.63) is 64.7 Å². The van der Waals surface area contributed by atoms with Gasteiger partial charge in [-0.25, -0.2) is 8.91 Å². The standard InChI is InChI=1S/C21H21FN2O/c1-13(2)20-18(6-5-11-25)19(16-7-9-17(22)10-8-16)21-14(3)12-15(4)24(21)23-20/h5-13H,1-4H3/b6-5+. The molecule has 3 aromatic rings. The third-order valence-electron chi connectivity index (χ3n) is 4.36. The van der Waals surface area contributed by atoms with Crippen LogP contribution in [0.2, 0.25) is 0 Å². The van der Waals surface area contributed by atoms with Gasteiger partial charge in [0.1, 0.15) is 12.1 Å². The minimum Gasteiger partial charge on any atom is -0.299 e. The number of nitrogens with zero attached hydrogens (tertiary/aromatic N) is 2. The van der Waals surface area contributed by atoms with Crippen molar-refractivity contribution >= 4 is 17.9 Å². The summed E-state index contributed by atoms with van der Waals surface area (Å²) in [6.07, 6.45) is 4.05. The lowest BCUT2D eigenvalue weighted by molar-refractivity contribution is -0.104. The molecule has 2 aromatic heterocycles. The average Bonchev–Trinajstić information content (AvgIpc) is 2.86. The molecule has 0 atom stereocenters. The summed E-state index contributed by atoms with van der Waals surface area (Å²) in [4.78, 5) is 10.9. The normalized spacial score (nSPS) is 11.8. The van der Waals surface area contributed by atoms with Crippen LogP contribution in [0.15, 0.2) is 36.4 Å². The highest BCUT2D eigenvalue weighted by molar-refractivity contribution is 5.92. The first-order valence-corrected chi connectivity index (χ1v) is 8.34. The van der Waals surface area contributed by atoms with Gasteiger partial charge in [0.05, 0.1) is 11.2 Å². The van der Waals surface area contributed by atoms with Gasteiger partial charge in [-0.1, -0.05) is 26.0 Å². The summed E-state index contributed by atoms with van der Waals surface area (Å²) in [7, 11) is 0. The fraction of sp³-hybridized carbons (Fsp3) is 0.238. The van der Waals surface area contributed by atoms with Crippen LogP contribution in [0.3, 0.4) is 0 Å². The van der Waals surface area contributed by atoms with Crippen molar-refractivity contribution in [2.75, 3.05) is 0 Å². The van der Waals surface area contributed by atoms with Crippen LogP contribution in [0.1, 0.15) is 42.3 Å². The first kappa shape index (κ1) is 17.1. The summed E-state index contributed by atoms with van der Waals surface area (Å²) in [6.45, 7) is 8.21. The summed E-state index contributed by atoms with van der Waals surface area (Å²) in [5.74, 6) is -0.0943. The van der Waals surface area contributed by atoms with E-state index in [1.807, 2.05) is 18.4 Å². The molecule has 3 rings (SSSR count). The Morgan fingerprint density at radius 1 is 1.16 bits per heavy atom. The van der Waals surface area contributed by atoms with E-state index in [-0.39, 0.29) is 11.7 Å². The second-order valence-corrected chi connectivity index (χ2v) is 6.56. The van der Waals surface area contributed by atoms with E-state index in [0.717, 1.165) is 45.4 Å². The smallest absolute Gasteiger partial charge is 0.142 e. The van der Waals surface area contributed by atoms with Gasteiger partial charge in [-0.05, 0) is 61.2 Å². The van der Waals surface area contributed by atoms with Gasteiger partial charge in [0, 0.05) is 16.8 Å².